The van der Waals surface area contributed by atoms with E-state index in [0.29, 0.717) is 37.5 Å². The van der Waals surface area contributed by atoms with Crippen LogP contribution in [0, 0.1) is 23.7 Å². The fraction of sp³-hybridized carbons (Fsp3) is 0.938. The van der Waals surface area contributed by atoms with E-state index in [1.165, 1.54) is 103 Å². The average Bonchev–Trinajstić information content (AvgIpc) is 3.43. The summed E-state index contributed by atoms with van der Waals surface area (Å²) in [5, 5.41) is 10.5. The van der Waals surface area contributed by atoms with E-state index >= 15 is 0 Å². The van der Waals surface area contributed by atoms with Gasteiger partial charge in [0.25, 0.3) is 0 Å². The number of rotatable bonds is 61. The van der Waals surface area contributed by atoms with Crippen molar-refractivity contribution in [2.45, 2.75) is 324 Å². The lowest BCUT2D eigenvalue weighted by Crippen LogP contribution is -2.30. The van der Waals surface area contributed by atoms with E-state index in [9.17, 15) is 43.2 Å². The van der Waals surface area contributed by atoms with Gasteiger partial charge in [-0.05, 0) is 49.4 Å². The van der Waals surface area contributed by atoms with Crippen molar-refractivity contribution in [3.8, 4) is 0 Å². The summed E-state index contributed by atoms with van der Waals surface area (Å²) >= 11 is 0. The number of phosphoric acid groups is 2. The maximum absolute atomic E-state index is 13.0. The standard InChI is InChI=1S/C64H124O17P2/c1-54(2)40-32-24-16-11-9-13-19-28-36-44-61(66)74-50-59(80-63(68)46-38-30-20-14-10-12-17-25-33-41-55(3)4)52-78-82(70,71)76-48-58(65)49-77-83(72,73)79-53-60(51-75-62(67)45-37-29-23-22-27-35-43-57(7)8)81-64(69)47-39-31-21-15-18-26-34-42-56(5)6/h54-60,65H,9-53H2,1-8H3,(H,70,71)(H,72,73)/t58-,59-,60-/m1/s1. The number of esters is 4. The van der Waals surface area contributed by atoms with Crippen LogP contribution < -0.4 is 0 Å². The van der Waals surface area contributed by atoms with Gasteiger partial charge in [-0.25, -0.2) is 9.13 Å². The highest BCUT2D eigenvalue weighted by Crippen LogP contribution is 2.45. The van der Waals surface area contributed by atoms with Gasteiger partial charge < -0.3 is 33.8 Å². The van der Waals surface area contributed by atoms with Gasteiger partial charge in [0.15, 0.2) is 12.2 Å². The molecule has 0 aromatic rings. The van der Waals surface area contributed by atoms with Gasteiger partial charge in [-0.15, -0.1) is 0 Å². The van der Waals surface area contributed by atoms with Gasteiger partial charge in [-0.3, -0.25) is 37.3 Å². The summed E-state index contributed by atoms with van der Waals surface area (Å²) < 4.78 is 68.0. The van der Waals surface area contributed by atoms with E-state index in [0.717, 1.165) is 108 Å². The van der Waals surface area contributed by atoms with E-state index in [4.69, 9.17) is 37.0 Å². The molecule has 17 nitrogen and oxygen atoms in total. The molecular weight excluding hydrogens is 1100 g/mol. The molecule has 0 fully saturated rings. The first kappa shape index (κ1) is 81.1. The molecule has 0 saturated carbocycles. The lowest BCUT2D eigenvalue weighted by Gasteiger charge is -2.21. The molecule has 0 aromatic heterocycles. The summed E-state index contributed by atoms with van der Waals surface area (Å²) in [6.07, 6.45) is 33.7. The van der Waals surface area contributed by atoms with Crippen LogP contribution in [-0.4, -0.2) is 96.7 Å². The molecule has 0 aliphatic rings. The van der Waals surface area contributed by atoms with Gasteiger partial charge in [-0.2, -0.15) is 0 Å². The fourth-order valence-electron chi connectivity index (χ4n) is 9.43. The highest BCUT2D eigenvalue weighted by atomic mass is 31.2. The molecular formula is C64H124O17P2. The van der Waals surface area contributed by atoms with Crippen molar-refractivity contribution in [2.24, 2.45) is 23.7 Å². The van der Waals surface area contributed by atoms with Gasteiger partial charge in [0, 0.05) is 25.7 Å². The molecule has 19 heteroatoms. The molecule has 0 radical (unpaired) electrons. The average molecular weight is 1230 g/mol. The highest BCUT2D eigenvalue weighted by molar-refractivity contribution is 7.47. The van der Waals surface area contributed by atoms with E-state index in [1.54, 1.807) is 0 Å². The largest absolute Gasteiger partial charge is 0.472 e. The predicted molar refractivity (Wildman–Crippen MR) is 331 cm³/mol. The van der Waals surface area contributed by atoms with Crippen LogP contribution in [0.5, 0.6) is 0 Å². The summed E-state index contributed by atoms with van der Waals surface area (Å²) in [5.74, 6) is 0.713. The molecule has 0 aliphatic heterocycles. The first-order valence-corrected chi connectivity index (χ1v) is 36.2. The molecule has 0 amide bonds. The molecule has 2 unspecified atom stereocenters. The SMILES string of the molecule is CC(C)CCCCCCCCCCCC(=O)OC[C@H](COP(=O)(O)OC[C@@H](O)COP(=O)(O)OC[C@@H](COC(=O)CCCCCCCCC(C)C)OC(=O)CCCCCCCCCC(C)C)OC(=O)CCCCCCCCCCCC(C)C. The number of aliphatic hydroxyl groups is 1. The third-order valence-electron chi connectivity index (χ3n) is 14.6. The van der Waals surface area contributed by atoms with Crippen molar-refractivity contribution in [3.05, 3.63) is 0 Å². The first-order valence-electron chi connectivity index (χ1n) is 33.2. The minimum Gasteiger partial charge on any atom is -0.462 e. The highest BCUT2D eigenvalue weighted by Gasteiger charge is 2.30. The fourth-order valence-corrected chi connectivity index (χ4v) is 11.0. The van der Waals surface area contributed by atoms with E-state index < -0.39 is 97.5 Å². The number of carbonyl (C=O) groups is 4. The van der Waals surface area contributed by atoms with Gasteiger partial charge >= 0.3 is 39.5 Å². The number of unbranched alkanes of at least 4 members (excludes halogenated alkanes) is 27. The Morgan fingerprint density at radius 3 is 0.747 bits per heavy atom. The topological polar surface area (TPSA) is 237 Å². The molecule has 0 spiro atoms. The van der Waals surface area contributed by atoms with Crippen LogP contribution in [0.3, 0.4) is 0 Å². The minimum atomic E-state index is -4.95. The smallest absolute Gasteiger partial charge is 0.462 e. The second kappa shape index (κ2) is 54.2. The van der Waals surface area contributed by atoms with Crippen LogP contribution in [0.1, 0.15) is 306 Å². The molecule has 0 bridgehead atoms. The summed E-state index contributed by atoms with van der Waals surface area (Å²) in [6, 6.07) is 0. The Bertz CT molecular complexity index is 1660. The zero-order valence-corrected chi connectivity index (χ0v) is 55.6. The lowest BCUT2D eigenvalue weighted by atomic mass is 10.0. The van der Waals surface area contributed by atoms with Crippen molar-refractivity contribution >= 4 is 39.5 Å². The molecule has 5 atom stereocenters. The number of hydrogen-bond acceptors (Lipinski definition) is 15. The molecule has 0 aromatic carbocycles. The van der Waals surface area contributed by atoms with Crippen LogP contribution in [-0.2, 0) is 65.4 Å². The minimum absolute atomic E-state index is 0.102. The Balaban J connectivity index is 5.25. The Morgan fingerprint density at radius 1 is 0.301 bits per heavy atom. The second-order valence-electron chi connectivity index (χ2n) is 25.1. The molecule has 492 valence electrons. The molecule has 83 heavy (non-hydrogen) atoms. The predicted octanol–water partition coefficient (Wildman–Crippen LogP) is 17.4. The third-order valence-corrected chi connectivity index (χ3v) is 16.5. The number of carbonyl (C=O) groups excluding carboxylic acids is 4. The molecule has 0 saturated heterocycles. The zero-order valence-electron chi connectivity index (χ0n) is 53.8. The van der Waals surface area contributed by atoms with Crippen LogP contribution in [0.15, 0.2) is 0 Å². The van der Waals surface area contributed by atoms with Crippen LogP contribution >= 0.6 is 15.6 Å². The first-order chi connectivity index (χ1) is 39.6. The zero-order chi connectivity index (χ0) is 61.8. The second-order valence-corrected chi connectivity index (χ2v) is 28.0. The quantitative estimate of drug-likeness (QED) is 0.0222. The van der Waals surface area contributed by atoms with Crippen molar-refractivity contribution in [2.75, 3.05) is 39.6 Å². The van der Waals surface area contributed by atoms with Crippen molar-refractivity contribution < 1.29 is 80.2 Å². The molecule has 0 aliphatic carbocycles. The third kappa shape index (κ3) is 58.8. The normalized spacial score (nSPS) is 14.4. The van der Waals surface area contributed by atoms with E-state index in [1.807, 2.05) is 0 Å². The molecule has 0 heterocycles. The monoisotopic (exact) mass is 1230 g/mol. The number of phosphoric ester groups is 2. The van der Waals surface area contributed by atoms with Crippen LogP contribution in [0.25, 0.3) is 0 Å². The van der Waals surface area contributed by atoms with Crippen molar-refractivity contribution in [3.63, 3.8) is 0 Å². The van der Waals surface area contributed by atoms with Crippen molar-refractivity contribution in [1.82, 2.24) is 0 Å². The summed E-state index contributed by atoms with van der Waals surface area (Å²) in [4.78, 5) is 72.2. The Kier molecular flexibility index (Phi) is 53.0. The summed E-state index contributed by atoms with van der Waals surface area (Å²) in [7, 11) is -9.89. The molecule has 3 N–H and O–H groups in total. The number of aliphatic hydroxyl groups excluding tert-OH is 1. The van der Waals surface area contributed by atoms with Gasteiger partial charge in [0.05, 0.1) is 26.4 Å². The van der Waals surface area contributed by atoms with E-state index in [-0.39, 0.29) is 25.7 Å². The van der Waals surface area contributed by atoms with Crippen LogP contribution in [0.4, 0.5) is 0 Å². The van der Waals surface area contributed by atoms with E-state index in [2.05, 4.69) is 55.4 Å². The van der Waals surface area contributed by atoms with Gasteiger partial charge in [0.1, 0.15) is 19.3 Å². The summed E-state index contributed by atoms with van der Waals surface area (Å²) in [5.41, 5.74) is 0. The van der Waals surface area contributed by atoms with Gasteiger partial charge in [-0.1, -0.05) is 254 Å². The van der Waals surface area contributed by atoms with Gasteiger partial charge in [0.2, 0.25) is 0 Å². The number of hydrogen-bond donors (Lipinski definition) is 3. The maximum Gasteiger partial charge on any atom is 0.472 e. The Labute approximate surface area is 505 Å². The lowest BCUT2D eigenvalue weighted by molar-refractivity contribution is -0.161. The van der Waals surface area contributed by atoms with Crippen LogP contribution in [0.2, 0.25) is 0 Å². The summed E-state index contributed by atoms with van der Waals surface area (Å²) in [6.45, 7) is 13.9. The Morgan fingerprint density at radius 2 is 0.506 bits per heavy atom. The molecule has 0 rings (SSSR count). The Hall–Kier alpha value is -1.94. The van der Waals surface area contributed by atoms with Crippen molar-refractivity contribution in [1.29, 1.82) is 0 Å². The maximum atomic E-state index is 13.0. The number of ether oxygens (including phenoxy) is 4.